The number of carbonyl (C=O) groups is 1. The van der Waals surface area contributed by atoms with Gasteiger partial charge in [0.25, 0.3) is 0 Å². The number of nitrogens with one attached hydrogen (secondary N) is 2. The Hall–Kier alpha value is -2.17. The molecule has 1 fully saturated rings. The van der Waals surface area contributed by atoms with E-state index in [-0.39, 0.29) is 35.3 Å². The number of aliphatic imine (C=N–C) groups is 1. The van der Waals surface area contributed by atoms with Crippen molar-refractivity contribution in [2.45, 2.75) is 39.2 Å². The largest absolute Gasteiger partial charge is 0.355 e. The zero-order valence-corrected chi connectivity index (χ0v) is 20.5. The van der Waals surface area contributed by atoms with Crippen LogP contribution in [0.5, 0.6) is 0 Å². The lowest BCUT2D eigenvalue weighted by atomic mass is 9.84. The molecule has 1 saturated carbocycles. The molecule has 0 saturated heterocycles. The van der Waals surface area contributed by atoms with Gasteiger partial charge in [0.1, 0.15) is 11.6 Å². The van der Waals surface area contributed by atoms with E-state index in [1.165, 1.54) is 0 Å². The highest BCUT2D eigenvalue weighted by atomic mass is 127. The number of aryl methyl sites for hydroxylation is 1. The zero-order valence-electron chi connectivity index (χ0n) is 18.2. The van der Waals surface area contributed by atoms with Crippen LogP contribution in [-0.2, 0) is 11.3 Å². The Bertz CT molecular complexity index is 854. The van der Waals surface area contributed by atoms with E-state index in [1.54, 1.807) is 18.1 Å². The zero-order chi connectivity index (χ0) is 20.9. The Morgan fingerprint density at radius 3 is 2.50 bits per heavy atom. The van der Waals surface area contributed by atoms with Gasteiger partial charge in [0.2, 0.25) is 5.91 Å². The SMILES string of the molecule is CN=C(NCc1ccc(-n2ccnc2C)nc1)NCC1(C(=O)N(C)C)CCCC1.I. The van der Waals surface area contributed by atoms with Crippen molar-refractivity contribution in [3.63, 3.8) is 0 Å². The highest BCUT2D eigenvalue weighted by Gasteiger charge is 2.42. The van der Waals surface area contributed by atoms with E-state index in [2.05, 4.69) is 25.6 Å². The maximum atomic E-state index is 12.7. The summed E-state index contributed by atoms with van der Waals surface area (Å²) in [7, 11) is 5.41. The third kappa shape index (κ3) is 5.50. The molecule has 0 spiro atoms. The number of pyridine rings is 1. The number of nitrogens with zero attached hydrogens (tertiary/aromatic N) is 5. The fourth-order valence-corrected chi connectivity index (χ4v) is 3.94. The molecule has 2 aromatic heterocycles. The van der Waals surface area contributed by atoms with Crippen LogP contribution in [-0.4, -0.2) is 59.0 Å². The predicted molar refractivity (Wildman–Crippen MR) is 129 cm³/mol. The number of guanidine groups is 1. The predicted octanol–water partition coefficient (Wildman–Crippen LogP) is 2.51. The molecule has 1 amide bonds. The Kier molecular flexibility index (Phi) is 8.63. The van der Waals surface area contributed by atoms with Gasteiger partial charge in [0.15, 0.2) is 5.96 Å². The summed E-state index contributed by atoms with van der Waals surface area (Å²) < 4.78 is 1.94. The molecule has 9 heteroatoms. The summed E-state index contributed by atoms with van der Waals surface area (Å²) in [6, 6.07) is 4.02. The van der Waals surface area contributed by atoms with Gasteiger partial charge < -0.3 is 15.5 Å². The van der Waals surface area contributed by atoms with Gasteiger partial charge in [-0.2, -0.15) is 0 Å². The van der Waals surface area contributed by atoms with Crippen LogP contribution in [0, 0.1) is 12.3 Å². The average molecular weight is 525 g/mol. The van der Waals surface area contributed by atoms with Gasteiger partial charge in [-0.05, 0) is 31.4 Å². The second-order valence-corrected chi connectivity index (χ2v) is 7.84. The van der Waals surface area contributed by atoms with E-state index in [0.29, 0.717) is 19.0 Å². The van der Waals surface area contributed by atoms with Crippen molar-refractivity contribution < 1.29 is 4.79 Å². The Morgan fingerprint density at radius 1 is 1.23 bits per heavy atom. The van der Waals surface area contributed by atoms with Crippen molar-refractivity contribution in [3.05, 3.63) is 42.1 Å². The number of carbonyl (C=O) groups excluding carboxylic acids is 1. The molecule has 0 bridgehead atoms. The minimum absolute atomic E-state index is 0. The minimum Gasteiger partial charge on any atom is -0.355 e. The maximum Gasteiger partial charge on any atom is 0.230 e. The van der Waals surface area contributed by atoms with Crippen molar-refractivity contribution in [1.82, 2.24) is 30.1 Å². The fraction of sp³-hybridized carbons (Fsp3) is 0.524. The molecule has 3 rings (SSSR count). The van der Waals surface area contributed by atoms with Crippen molar-refractivity contribution in [1.29, 1.82) is 0 Å². The lowest BCUT2D eigenvalue weighted by molar-refractivity contribution is -0.138. The Morgan fingerprint density at radius 2 is 1.97 bits per heavy atom. The summed E-state index contributed by atoms with van der Waals surface area (Å²) in [6.07, 6.45) is 9.56. The summed E-state index contributed by atoms with van der Waals surface area (Å²) in [5.74, 6) is 2.64. The summed E-state index contributed by atoms with van der Waals surface area (Å²) in [5, 5.41) is 6.67. The summed E-state index contributed by atoms with van der Waals surface area (Å²) in [4.78, 5) is 27.5. The monoisotopic (exact) mass is 525 g/mol. The van der Waals surface area contributed by atoms with E-state index >= 15 is 0 Å². The molecule has 2 aromatic rings. The van der Waals surface area contributed by atoms with Crippen LogP contribution in [0.15, 0.2) is 35.7 Å². The minimum atomic E-state index is -0.326. The first-order valence-corrected chi connectivity index (χ1v) is 10.1. The fourth-order valence-electron chi connectivity index (χ4n) is 3.94. The summed E-state index contributed by atoms with van der Waals surface area (Å²) in [5.41, 5.74) is 0.724. The molecule has 30 heavy (non-hydrogen) atoms. The molecule has 2 N–H and O–H groups in total. The van der Waals surface area contributed by atoms with Crippen LogP contribution in [0.1, 0.15) is 37.1 Å². The van der Waals surface area contributed by atoms with Gasteiger partial charge in [-0.25, -0.2) is 9.97 Å². The lowest BCUT2D eigenvalue weighted by Gasteiger charge is -2.31. The van der Waals surface area contributed by atoms with Gasteiger partial charge in [-0.3, -0.25) is 14.4 Å². The topological polar surface area (TPSA) is 87.4 Å². The molecule has 8 nitrogen and oxygen atoms in total. The normalized spacial score (nSPS) is 15.4. The van der Waals surface area contributed by atoms with Crippen LogP contribution >= 0.6 is 24.0 Å². The number of hydrogen-bond donors (Lipinski definition) is 2. The average Bonchev–Trinajstić information content (AvgIpc) is 3.38. The number of rotatable bonds is 6. The van der Waals surface area contributed by atoms with Gasteiger partial charge in [0.05, 0.1) is 5.41 Å². The van der Waals surface area contributed by atoms with Crippen molar-refractivity contribution >= 4 is 35.8 Å². The first-order chi connectivity index (χ1) is 13.9. The third-order valence-electron chi connectivity index (χ3n) is 5.58. The smallest absolute Gasteiger partial charge is 0.230 e. The summed E-state index contributed by atoms with van der Waals surface area (Å²) >= 11 is 0. The number of halogens is 1. The highest BCUT2D eigenvalue weighted by Crippen LogP contribution is 2.38. The van der Waals surface area contributed by atoms with Crippen molar-refractivity contribution in [2.24, 2.45) is 10.4 Å². The van der Waals surface area contributed by atoms with E-state index in [9.17, 15) is 4.79 Å². The number of hydrogen-bond acceptors (Lipinski definition) is 4. The third-order valence-corrected chi connectivity index (χ3v) is 5.58. The van der Waals surface area contributed by atoms with Crippen molar-refractivity contribution in [3.8, 4) is 5.82 Å². The number of amides is 1. The van der Waals surface area contributed by atoms with Gasteiger partial charge >= 0.3 is 0 Å². The second kappa shape index (κ2) is 10.7. The Balaban J connectivity index is 0.00000320. The molecular weight excluding hydrogens is 493 g/mol. The molecule has 0 radical (unpaired) electrons. The molecule has 0 aliphatic heterocycles. The van der Waals surface area contributed by atoms with Crippen LogP contribution < -0.4 is 10.6 Å². The molecule has 0 aromatic carbocycles. The first-order valence-electron chi connectivity index (χ1n) is 10.1. The first kappa shape index (κ1) is 24.1. The van der Waals surface area contributed by atoms with Crippen LogP contribution in [0.2, 0.25) is 0 Å². The quantitative estimate of drug-likeness (QED) is 0.344. The molecule has 164 valence electrons. The van der Waals surface area contributed by atoms with Gasteiger partial charge in [-0.1, -0.05) is 18.9 Å². The molecule has 1 aliphatic carbocycles. The van der Waals surface area contributed by atoms with E-state index < -0.39 is 0 Å². The van der Waals surface area contributed by atoms with Crippen LogP contribution in [0.4, 0.5) is 0 Å². The summed E-state index contributed by atoms with van der Waals surface area (Å²) in [6.45, 7) is 3.15. The lowest BCUT2D eigenvalue weighted by Crippen LogP contribution is -2.49. The molecule has 0 atom stereocenters. The van der Waals surface area contributed by atoms with Crippen LogP contribution in [0.25, 0.3) is 5.82 Å². The number of aromatic nitrogens is 3. The van der Waals surface area contributed by atoms with E-state index in [1.807, 2.05) is 50.1 Å². The van der Waals surface area contributed by atoms with Gasteiger partial charge in [-0.15, -0.1) is 24.0 Å². The molecular formula is C21H32IN7O. The molecule has 0 unspecified atom stereocenters. The van der Waals surface area contributed by atoms with Gasteiger partial charge in [0, 0.05) is 52.8 Å². The van der Waals surface area contributed by atoms with E-state index in [0.717, 1.165) is 42.9 Å². The second-order valence-electron chi connectivity index (χ2n) is 7.84. The van der Waals surface area contributed by atoms with E-state index in [4.69, 9.17) is 0 Å². The number of imidazole rings is 1. The van der Waals surface area contributed by atoms with Crippen LogP contribution in [0.3, 0.4) is 0 Å². The maximum absolute atomic E-state index is 12.7. The molecule has 1 aliphatic rings. The standard InChI is InChI=1S/C21H31N7O.HI/c1-16-23-11-12-28(16)18-8-7-17(13-24-18)14-25-20(22-2)26-15-21(9-5-6-10-21)19(29)27(3)4;/h7-8,11-13H,5-6,9-10,14-15H2,1-4H3,(H2,22,25,26);1H. The van der Waals surface area contributed by atoms with Crippen molar-refractivity contribution in [2.75, 3.05) is 27.7 Å². The molecule has 2 heterocycles. The highest BCUT2D eigenvalue weighted by molar-refractivity contribution is 14.0. The Labute approximate surface area is 195 Å².